The van der Waals surface area contributed by atoms with Gasteiger partial charge in [-0.2, -0.15) is 0 Å². The third kappa shape index (κ3) is 2.73. The number of sulfonamides is 1. The molecule has 3 aromatic rings. The number of amides is 1. The molecule has 0 atom stereocenters. The van der Waals surface area contributed by atoms with Crippen LogP contribution in [0.3, 0.4) is 0 Å². The van der Waals surface area contributed by atoms with Crippen molar-refractivity contribution < 1.29 is 18.3 Å². The lowest BCUT2D eigenvalue weighted by Crippen LogP contribution is -2.26. The van der Waals surface area contributed by atoms with Crippen molar-refractivity contribution in [2.75, 3.05) is 20.2 Å². The molecular weight excluding hydrogens is 332 g/mol. The van der Waals surface area contributed by atoms with Crippen LogP contribution < -0.4 is 10.0 Å². The summed E-state index contributed by atoms with van der Waals surface area (Å²) in [6.07, 6.45) is 1.51. The van der Waals surface area contributed by atoms with E-state index in [0.29, 0.717) is 21.8 Å². The van der Waals surface area contributed by atoms with Gasteiger partial charge in [0.15, 0.2) is 5.69 Å². The molecule has 0 saturated heterocycles. The van der Waals surface area contributed by atoms with Gasteiger partial charge >= 0.3 is 0 Å². The predicted molar refractivity (Wildman–Crippen MR) is 89.3 cm³/mol. The third-order valence-electron chi connectivity index (χ3n) is 3.65. The summed E-state index contributed by atoms with van der Waals surface area (Å²) in [5, 5.41) is 12.7. The molecule has 4 N–H and O–H groups in total. The number of hydrogen-bond donors (Lipinski definition) is 4. The number of carbonyl (C=O) groups excluding carboxylic acids is 1. The van der Waals surface area contributed by atoms with E-state index >= 15 is 0 Å². The number of fused-ring (bicyclic) bond motifs is 3. The normalized spacial score (nSPS) is 11.9. The van der Waals surface area contributed by atoms with E-state index in [9.17, 15) is 13.2 Å². The molecule has 1 amide bonds. The number of rotatable bonds is 5. The van der Waals surface area contributed by atoms with Crippen LogP contribution in [0.2, 0.25) is 0 Å². The van der Waals surface area contributed by atoms with E-state index in [1.165, 1.54) is 25.4 Å². The fourth-order valence-corrected chi connectivity index (χ4v) is 3.57. The maximum Gasteiger partial charge on any atom is 0.271 e. The summed E-state index contributed by atoms with van der Waals surface area (Å²) in [5.41, 5.74) is 1.49. The zero-order valence-electron chi connectivity index (χ0n) is 12.8. The molecule has 0 aliphatic carbocycles. The maximum atomic E-state index is 12.2. The molecule has 8 nitrogen and oxygen atoms in total. The molecule has 0 radical (unpaired) electrons. The molecular formula is C15H16N4O4S. The van der Waals surface area contributed by atoms with E-state index in [-0.39, 0.29) is 29.6 Å². The van der Waals surface area contributed by atoms with Crippen LogP contribution in [0.15, 0.2) is 35.4 Å². The number of carbonyl (C=O) groups is 1. The number of aliphatic hydroxyl groups excluding tert-OH is 1. The molecule has 0 unspecified atom stereocenters. The first-order chi connectivity index (χ1) is 11.5. The lowest BCUT2D eigenvalue weighted by Gasteiger charge is -2.05. The lowest BCUT2D eigenvalue weighted by molar-refractivity contribution is 0.0960. The largest absolute Gasteiger partial charge is 0.395 e. The molecule has 0 aliphatic heterocycles. The predicted octanol–water partition coefficient (Wildman–Crippen LogP) is 0.346. The van der Waals surface area contributed by atoms with Gasteiger partial charge in [0.25, 0.3) is 5.91 Å². The summed E-state index contributed by atoms with van der Waals surface area (Å²) < 4.78 is 26.7. The Morgan fingerprint density at radius 3 is 2.79 bits per heavy atom. The Hall–Kier alpha value is -2.49. The molecule has 3 rings (SSSR count). The second-order valence-corrected chi connectivity index (χ2v) is 6.88. The fourth-order valence-electron chi connectivity index (χ4n) is 2.52. The van der Waals surface area contributed by atoms with Gasteiger partial charge in [-0.15, -0.1) is 0 Å². The van der Waals surface area contributed by atoms with Crippen molar-refractivity contribution >= 4 is 37.7 Å². The number of benzene rings is 1. The number of hydrogen-bond acceptors (Lipinski definition) is 5. The minimum atomic E-state index is -3.71. The van der Waals surface area contributed by atoms with E-state index < -0.39 is 10.0 Å². The van der Waals surface area contributed by atoms with Gasteiger partial charge in [-0.3, -0.25) is 4.79 Å². The molecule has 2 aromatic heterocycles. The number of H-pyrrole nitrogens is 1. The zero-order valence-corrected chi connectivity index (χ0v) is 13.6. The molecule has 0 aliphatic rings. The number of nitrogens with one attached hydrogen (secondary N) is 3. The Balaban J connectivity index is 2.20. The Bertz CT molecular complexity index is 1030. The minimum absolute atomic E-state index is 0.0566. The van der Waals surface area contributed by atoms with Crippen molar-refractivity contribution in [1.82, 2.24) is 20.0 Å². The van der Waals surface area contributed by atoms with Crippen LogP contribution in [0.1, 0.15) is 10.5 Å². The SMILES string of the molecule is CNC(=O)c1nccc2c1[nH]c1ccc(S(=O)(=O)NCCO)cc12. The van der Waals surface area contributed by atoms with Gasteiger partial charge in [0.1, 0.15) is 0 Å². The van der Waals surface area contributed by atoms with E-state index in [1.54, 1.807) is 12.1 Å². The summed E-state index contributed by atoms with van der Waals surface area (Å²) in [7, 11) is -2.19. The number of pyridine rings is 1. The summed E-state index contributed by atoms with van der Waals surface area (Å²) in [6.45, 7) is -0.339. The first kappa shape index (κ1) is 16.4. The highest BCUT2D eigenvalue weighted by Crippen LogP contribution is 2.28. The van der Waals surface area contributed by atoms with Gasteiger partial charge in [-0.05, 0) is 24.3 Å². The summed E-state index contributed by atoms with van der Waals surface area (Å²) in [6, 6.07) is 6.35. The average Bonchev–Trinajstić information content (AvgIpc) is 2.97. The molecule has 2 heterocycles. The smallest absolute Gasteiger partial charge is 0.271 e. The third-order valence-corrected chi connectivity index (χ3v) is 5.11. The van der Waals surface area contributed by atoms with Gasteiger partial charge < -0.3 is 15.4 Å². The van der Waals surface area contributed by atoms with E-state index in [1.807, 2.05) is 0 Å². The van der Waals surface area contributed by atoms with Gasteiger partial charge in [-0.1, -0.05) is 0 Å². The van der Waals surface area contributed by atoms with Crippen LogP contribution in [0.5, 0.6) is 0 Å². The average molecular weight is 348 g/mol. The Labute approximate surface area is 137 Å². The summed E-state index contributed by atoms with van der Waals surface area (Å²) in [5.74, 6) is -0.329. The summed E-state index contributed by atoms with van der Waals surface area (Å²) in [4.78, 5) is 19.2. The molecule has 24 heavy (non-hydrogen) atoms. The first-order valence-electron chi connectivity index (χ1n) is 7.21. The van der Waals surface area contributed by atoms with Crippen molar-refractivity contribution in [3.8, 4) is 0 Å². The first-order valence-corrected chi connectivity index (χ1v) is 8.69. The van der Waals surface area contributed by atoms with Crippen LogP contribution in [0.4, 0.5) is 0 Å². The van der Waals surface area contributed by atoms with Gasteiger partial charge in [0, 0.05) is 36.1 Å². The van der Waals surface area contributed by atoms with E-state index in [0.717, 1.165) is 0 Å². The summed E-state index contributed by atoms with van der Waals surface area (Å²) >= 11 is 0. The van der Waals surface area contributed by atoms with Crippen molar-refractivity contribution in [2.24, 2.45) is 0 Å². The highest BCUT2D eigenvalue weighted by atomic mass is 32.2. The minimum Gasteiger partial charge on any atom is -0.395 e. The molecule has 1 aromatic carbocycles. The number of aromatic nitrogens is 2. The molecule has 0 fully saturated rings. The molecule has 126 valence electrons. The maximum absolute atomic E-state index is 12.2. The highest BCUT2D eigenvalue weighted by molar-refractivity contribution is 7.89. The number of aliphatic hydroxyl groups is 1. The zero-order chi connectivity index (χ0) is 17.3. The molecule has 9 heteroatoms. The van der Waals surface area contributed by atoms with Crippen molar-refractivity contribution in [3.05, 3.63) is 36.2 Å². The fraction of sp³-hybridized carbons (Fsp3) is 0.200. The van der Waals surface area contributed by atoms with Gasteiger partial charge in [0.2, 0.25) is 10.0 Å². The van der Waals surface area contributed by atoms with Crippen molar-refractivity contribution in [2.45, 2.75) is 4.90 Å². The van der Waals surface area contributed by atoms with Crippen LogP contribution in [-0.2, 0) is 10.0 Å². The second-order valence-electron chi connectivity index (χ2n) is 5.12. The Morgan fingerprint density at radius 2 is 2.08 bits per heavy atom. The van der Waals surface area contributed by atoms with Gasteiger partial charge in [0.05, 0.1) is 17.0 Å². The van der Waals surface area contributed by atoms with Crippen LogP contribution in [0, 0.1) is 0 Å². The van der Waals surface area contributed by atoms with E-state index in [2.05, 4.69) is 20.0 Å². The molecule has 0 saturated carbocycles. The Morgan fingerprint density at radius 1 is 1.29 bits per heavy atom. The van der Waals surface area contributed by atoms with Gasteiger partial charge in [-0.25, -0.2) is 18.1 Å². The molecule has 0 bridgehead atoms. The van der Waals surface area contributed by atoms with Crippen molar-refractivity contribution in [1.29, 1.82) is 0 Å². The van der Waals surface area contributed by atoms with Crippen LogP contribution in [-0.4, -0.2) is 49.6 Å². The second kappa shape index (κ2) is 6.19. The monoisotopic (exact) mass is 348 g/mol. The van der Waals surface area contributed by atoms with E-state index in [4.69, 9.17) is 5.11 Å². The number of nitrogens with zero attached hydrogens (tertiary/aromatic N) is 1. The van der Waals surface area contributed by atoms with Crippen molar-refractivity contribution in [3.63, 3.8) is 0 Å². The highest BCUT2D eigenvalue weighted by Gasteiger charge is 2.18. The Kier molecular flexibility index (Phi) is 4.22. The molecule has 0 spiro atoms. The topological polar surface area (TPSA) is 124 Å². The van der Waals surface area contributed by atoms with Crippen LogP contribution >= 0.6 is 0 Å². The number of aromatic amines is 1. The van der Waals surface area contributed by atoms with Crippen LogP contribution in [0.25, 0.3) is 21.8 Å². The quantitative estimate of drug-likeness (QED) is 0.529. The standard InChI is InChI=1S/C15H16N4O4S/c1-16-15(21)14-13-10(4-5-17-14)11-8-9(2-3-12(11)19-13)24(22,23)18-6-7-20/h2-5,8,18-20H,6-7H2,1H3,(H,16,21). The lowest BCUT2D eigenvalue weighted by atomic mass is 10.1.